The molecule has 0 N–H and O–H groups in total. The molecule has 0 bridgehead atoms. The Balaban J connectivity index is 1.89. The third-order valence-corrected chi connectivity index (χ3v) is 5.06. The molecule has 3 nitrogen and oxygen atoms in total. The lowest BCUT2D eigenvalue weighted by molar-refractivity contribution is 0.554. The SMILES string of the molecule is CC1(c2nc(-c3ccccc3)nc(-c3ccc(Br)cc3)n2)C=CC=CC1. The summed E-state index contributed by atoms with van der Waals surface area (Å²) in [5.74, 6) is 2.20. The van der Waals surface area contributed by atoms with Crippen molar-refractivity contribution < 1.29 is 0 Å². The summed E-state index contributed by atoms with van der Waals surface area (Å²) in [6.07, 6.45) is 9.33. The van der Waals surface area contributed by atoms with Gasteiger partial charge in [0.05, 0.1) is 0 Å². The van der Waals surface area contributed by atoms with Gasteiger partial charge in [0.25, 0.3) is 0 Å². The number of nitrogens with zero attached hydrogens (tertiary/aromatic N) is 3. The smallest absolute Gasteiger partial charge is 0.163 e. The predicted molar refractivity (Wildman–Crippen MR) is 109 cm³/mol. The van der Waals surface area contributed by atoms with Gasteiger partial charge in [-0.3, -0.25) is 0 Å². The Labute approximate surface area is 161 Å². The standard InChI is InChI=1S/C22H18BrN3/c1-22(14-6-3-7-15-22)21-25-19(16-8-4-2-5-9-16)24-20(26-21)17-10-12-18(23)13-11-17/h2-14H,15H2,1H3. The van der Waals surface area contributed by atoms with Crippen molar-refractivity contribution in [3.05, 3.63) is 89.2 Å². The molecule has 1 aliphatic rings. The zero-order valence-corrected chi connectivity index (χ0v) is 16.0. The summed E-state index contributed by atoms with van der Waals surface area (Å²) in [5.41, 5.74) is 1.74. The maximum atomic E-state index is 4.83. The van der Waals surface area contributed by atoms with Crippen molar-refractivity contribution in [2.75, 3.05) is 0 Å². The van der Waals surface area contributed by atoms with Crippen LogP contribution in [-0.2, 0) is 5.41 Å². The maximum Gasteiger partial charge on any atom is 0.163 e. The number of aromatic nitrogens is 3. The third-order valence-electron chi connectivity index (χ3n) is 4.53. The minimum Gasteiger partial charge on any atom is -0.212 e. The summed E-state index contributed by atoms with van der Waals surface area (Å²) in [6, 6.07) is 18.1. The van der Waals surface area contributed by atoms with Crippen LogP contribution in [0.2, 0.25) is 0 Å². The van der Waals surface area contributed by atoms with Crippen LogP contribution in [0.1, 0.15) is 19.2 Å². The normalized spacial score (nSPS) is 18.8. The molecule has 1 unspecified atom stereocenters. The van der Waals surface area contributed by atoms with Crippen LogP contribution in [0.4, 0.5) is 0 Å². The minimum absolute atomic E-state index is 0.231. The lowest BCUT2D eigenvalue weighted by Gasteiger charge is -2.25. The van der Waals surface area contributed by atoms with E-state index in [9.17, 15) is 0 Å². The molecule has 0 saturated heterocycles. The van der Waals surface area contributed by atoms with Crippen molar-refractivity contribution in [3.8, 4) is 22.8 Å². The lowest BCUT2D eigenvalue weighted by atomic mass is 9.83. The van der Waals surface area contributed by atoms with E-state index in [1.165, 1.54) is 0 Å². The summed E-state index contributed by atoms with van der Waals surface area (Å²) >= 11 is 3.48. The third kappa shape index (κ3) is 3.37. The predicted octanol–water partition coefficient (Wildman–Crippen LogP) is 5.74. The van der Waals surface area contributed by atoms with E-state index in [0.29, 0.717) is 11.6 Å². The molecule has 0 fully saturated rings. The molecule has 3 aromatic rings. The van der Waals surface area contributed by atoms with Crippen molar-refractivity contribution in [2.24, 2.45) is 0 Å². The molecular weight excluding hydrogens is 386 g/mol. The Kier molecular flexibility index (Phi) is 4.51. The van der Waals surface area contributed by atoms with Crippen LogP contribution in [-0.4, -0.2) is 15.0 Å². The summed E-state index contributed by atoms with van der Waals surface area (Å²) in [7, 11) is 0. The fraction of sp³-hybridized carbons (Fsp3) is 0.136. The number of allylic oxidation sites excluding steroid dienone is 4. The van der Waals surface area contributed by atoms with Crippen LogP contribution in [0.3, 0.4) is 0 Å². The van der Waals surface area contributed by atoms with Gasteiger partial charge in [-0.15, -0.1) is 0 Å². The maximum absolute atomic E-state index is 4.83. The molecule has 0 radical (unpaired) electrons. The molecule has 1 aromatic heterocycles. The number of hydrogen-bond acceptors (Lipinski definition) is 3. The van der Waals surface area contributed by atoms with Gasteiger partial charge in [-0.1, -0.05) is 82.7 Å². The van der Waals surface area contributed by atoms with Crippen molar-refractivity contribution in [2.45, 2.75) is 18.8 Å². The Morgan fingerprint density at radius 1 is 0.808 bits per heavy atom. The molecule has 1 heterocycles. The number of benzene rings is 2. The summed E-state index contributed by atoms with van der Waals surface area (Å²) in [4.78, 5) is 14.4. The van der Waals surface area contributed by atoms with Crippen molar-refractivity contribution in [1.29, 1.82) is 0 Å². The first kappa shape index (κ1) is 16.9. The average molecular weight is 404 g/mol. The highest BCUT2D eigenvalue weighted by molar-refractivity contribution is 9.10. The molecule has 1 atom stereocenters. The fourth-order valence-corrected chi connectivity index (χ4v) is 3.23. The Bertz CT molecular complexity index is 978. The van der Waals surface area contributed by atoms with E-state index < -0.39 is 0 Å². The molecule has 128 valence electrons. The van der Waals surface area contributed by atoms with E-state index in [0.717, 1.165) is 27.8 Å². The van der Waals surface area contributed by atoms with Gasteiger partial charge < -0.3 is 0 Å². The van der Waals surface area contributed by atoms with Gasteiger partial charge in [-0.25, -0.2) is 15.0 Å². The first-order chi connectivity index (χ1) is 12.6. The van der Waals surface area contributed by atoms with Gasteiger partial charge in [0, 0.05) is 21.0 Å². The molecule has 4 heteroatoms. The Morgan fingerprint density at radius 2 is 1.46 bits per heavy atom. The highest BCUT2D eigenvalue weighted by Gasteiger charge is 2.28. The van der Waals surface area contributed by atoms with E-state index in [1.807, 2.05) is 54.6 Å². The highest BCUT2D eigenvalue weighted by atomic mass is 79.9. The van der Waals surface area contributed by atoms with E-state index in [4.69, 9.17) is 15.0 Å². The topological polar surface area (TPSA) is 38.7 Å². The van der Waals surface area contributed by atoms with Gasteiger partial charge >= 0.3 is 0 Å². The number of rotatable bonds is 3. The average Bonchev–Trinajstić information content (AvgIpc) is 2.69. The fourth-order valence-electron chi connectivity index (χ4n) is 2.97. The Hall–Kier alpha value is -2.59. The van der Waals surface area contributed by atoms with Gasteiger partial charge in [0.1, 0.15) is 5.82 Å². The summed E-state index contributed by atoms with van der Waals surface area (Å²) in [6.45, 7) is 2.17. The first-order valence-electron chi connectivity index (χ1n) is 8.56. The van der Waals surface area contributed by atoms with Crippen LogP contribution < -0.4 is 0 Å². The second kappa shape index (κ2) is 6.96. The van der Waals surface area contributed by atoms with Crippen molar-refractivity contribution in [3.63, 3.8) is 0 Å². The van der Waals surface area contributed by atoms with Crippen LogP contribution in [0, 0.1) is 0 Å². The van der Waals surface area contributed by atoms with Gasteiger partial charge in [-0.2, -0.15) is 0 Å². The zero-order valence-electron chi connectivity index (χ0n) is 14.4. The molecule has 4 rings (SSSR count). The van der Waals surface area contributed by atoms with Gasteiger partial charge in [0.2, 0.25) is 0 Å². The summed E-state index contributed by atoms with van der Waals surface area (Å²) < 4.78 is 1.03. The Morgan fingerprint density at radius 3 is 2.08 bits per heavy atom. The van der Waals surface area contributed by atoms with Crippen LogP contribution in [0.5, 0.6) is 0 Å². The number of hydrogen-bond donors (Lipinski definition) is 0. The molecular formula is C22H18BrN3. The lowest BCUT2D eigenvalue weighted by Crippen LogP contribution is -2.24. The van der Waals surface area contributed by atoms with E-state index in [1.54, 1.807) is 0 Å². The largest absolute Gasteiger partial charge is 0.212 e. The molecule has 1 aliphatic carbocycles. The monoisotopic (exact) mass is 403 g/mol. The van der Waals surface area contributed by atoms with Crippen LogP contribution in [0.15, 0.2) is 83.4 Å². The van der Waals surface area contributed by atoms with Crippen LogP contribution >= 0.6 is 15.9 Å². The summed E-state index contributed by atoms with van der Waals surface area (Å²) in [5, 5.41) is 0. The zero-order chi connectivity index (χ0) is 18.0. The second-order valence-electron chi connectivity index (χ2n) is 6.59. The highest BCUT2D eigenvalue weighted by Crippen LogP contribution is 2.32. The first-order valence-corrected chi connectivity index (χ1v) is 9.36. The molecule has 0 spiro atoms. The molecule has 0 amide bonds. The van der Waals surface area contributed by atoms with Crippen LogP contribution in [0.25, 0.3) is 22.8 Å². The van der Waals surface area contributed by atoms with E-state index >= 15 is 0 Å². The van der Waals surface area contributed by atoms with E-state index in [-0.39, 0.29) is 5.41 Å². The van der Waals surface area contributed by atoms with Crippen molar-refractivity contribution in [1.82, 2.24) is 15.0 Å². The molecule has 0 aliphatic heterocycles. The quantitative estimate of drug-likeness (QED) is 0.559. The van der Waals surface area contributed by atoms with Crippen molar-refractivity contribution >= 4 is 15.9 Å². The second-order valence-corrected chi connectivity index (χ2v) is 7.50. The van der Waals surface area contributed by atoms with E-state index in [2.05, 4.69) is 47.2 Å². The number of halogens is 1. The van der Waals surface area contributed by atoms with Gasteiger partial charge in [0.15, 0.2) is 11.6 Å². The van der Waals surface area contributed by atoms with Gasteiger partial charge in [-0.05, 0) is 25.5 Å². The molecule has 0 saturated carbocycles. The molecule has 2 aromatic carbocycles. The molecule has 26 heavy (non-hydrogen) atoms. The minimum atomic E-state index is -0.231.